The van der Waals surface area contributed by atoms with E-state index in [2.05, 4.69) is 15.2 Å². The van der Waals surface area contributed by atoms with Crippen LogP contribution >= 0.6 is 0 Å². The molecular formula is C6H7N3. The zero-order valence-corrected chi connectivity index (χ0v) is 5.15. The van der Waals surface area contributed by atoms with Crippen molar-refractivity contribution >= 4 is 5.69 Å². The lowest BCUT2D eigenvalue weighted by Gasteiger charge is -1.84. The van der Waals surface area contributed by atoms with Crippen molar-refractivity contribution in [2.75, 3.05) is 7.05 Å². The maximum Gasteiger partial charge on any atom is 0.0883 e. The van der Waals surface area contributed by atoms with Crippen molar-refractivity contribution in [3.05, 3.63) is 24.5 Å². The second-order valence-electron chi connectivity index (χ2n) is 1.51. The van der Waals surface area contributed by atoms with Gasteiger partial charge < -0.3 is 0 Å². The van der Waals surface area contributed by atoms with Crippen molar-refractivity contribution in [1.29, 1.82) is 0 Å². The third kappa shape index (κ3) is 1.60. The van der Waals surface area contributed by atoms with Gasteiger partial charge in [-0.1, -0.05) is 0 Å². The molecule has 0 radical (unpaired) electrons. The molecule has 0 spiro atoms. The lowest BCUT2D eigenvalue weighted by Crippen LogP contribution is -1.64. The van der Waals surface area contributed by atoms with Crippen LogP contribution in [0.2, 0.25) is 0 Å². The Bertz CT molecular complexity index is 193. The van der Waals surface area contributed by atoms with Crippen LogP contribution < -0.4 is 0 Å². The Kier molecular flexibility index (Phi) is 1.90. The Morgan fingerprint density at radius 1 is 1.33 bits per heavy atom. The molecule has 3 nitrogen and oxygen atoms in total. The van der Waals surface area contributed by atoms with E-state index in [9.17, 15) is 0 Å². The zero-order valence-electron chi connectivity index (χ0n) is 5.15. The second-order valence-corrected chi connectivity index (χ2v) is 1.51. The van der Waals surface area contributed by atoms with E-state index in [1.165, 1.54) is 0 Å². The van der Waals surface area contributed by atoms with Crippen LogP contribution in [0.3, 0.4) is 0 Å². The van der Waals surface area contributed by atoms with E-state index in [1.54, 1.807) is 31.6 Å². The van der Waals surface area contributed by atoms with Gasteiger partial charge in [0.25, 0.3) is 0 Å². The molecule has 1 aromatic rings. The smallest absolute Gasteiger partial charge is 0.0883 e. The summed E-state index contributed by atoms with van der Waals surface area (Å²) >= 11 is 0. The standard InChI is InChI=1S/C6H7N3/c1-7-9-6-2-4-8-5-3-6/h2-5H,1H3/b9-7+. The van der Waals surface area contributed by atoms with Crippen molar-refractivity contribution in [2.45, 2.75) is 0 Å². The van der Waals surface area contributed by atoms with Crippen LogP contribution in [0.25, 0.3) is 0 Å². The average molecular weight is 121 g/mol. The summed E-state index contributed by atoms with van der Waals surface area (Å²) in [5.41, 5.74) is 0.840. The molecule has 1 heterocycles. The first-order valence-electron chi connectivity index (χ1n) is 2.63. The monoisotopic (exact) mass is 121 g/mol. The minimum absolute atomic E-state index is 0.840. The van der Waals surface area contributed by atoms with Gasteiger partial charge in [0.05, 0.1) is 5.69 Å². The summed E-state index contributed by atoms with van der Waals surface area (Å²) in [5.74, 6) is 0. The highest BCUT2D eigenvalue weighted by Crippen LogP contribution is 2.07. The van der Waals surface area contributed by atoms with Crippen LogP contribution in [0, 0.1) is 0 Å². The highest BCUT2D eigenvalue weighted by atomic mass is 15.1. The number of hydrogen-bond acceptors (Lipinski definition) is 3. The van der Waals surface area contributed by atoms with Crippen LogP contribution in [0.4, 0.5) is 5.69 Å². The minimum Gasteiger partial charge on any atom is -0.265 e. The van der Waals surface area contributed by atoms with Gasteiger partial charge in [-0.05, 0) is 12.1 Å². The first-order chi connectivity index (χ1) is 4.43. The number of hydrogen-bond donors (Lipinski definition) is 0. The summed E-state index contributed by atoms with van der Waals surface area (Å²) in [4.78, 5) is 3.83. The number of rotatable bonds is 1. The molecule has 0 aliphatic carbocycles. The molecule has 0 saturated heterocycles. The predicted octanol–water partition coefficient (Wildman–Crippen LogP) is 1.80. The van der Waals surface area contributed by atoms with Gasteiger partial charge in [-0.15, -0.1) is 0 Å². The molecule has 9 heavy (non-hydrogen) atoms. The molecule has 0 aliphatic heterocycles. The molecule has 0 atom stereocenters. The lowest BCUT2D eigenvalue weighted by molar-refractivity contribution is 1.16. The first-order valence-corrected chi connectivity index (χ1v) is 2.63. The van der Waals surface area contributed by atoms with E-state index in [0.29, 0.717) is 0 Å². The number of aromatic nitrogens is 1. The van der Waals surface area contributed by atoms with E-state index in [4.69, 9.17) is 0 Å². The van der Waals surface area contributed by atoms with Crippen molar-refractivity contribution < 1.29 is 0 Å². The van der Waals surface area contributed by atoms with Crippen molar-refractivity contribution in [1.82, 2.24) is 4.98 Å². The highest BCUT2D eigenvalue weighted by molar-refractivity contribution is 5.32. The molecule has 1 aromatic heterocycles. The molecule has 3 heteroatoms. The van der Waals surface area contributed by atoms with Crippen molar-refractivity contribution in [2.24, 2.45) is 10.2 Å². The minimum atomic E-state index is 0.840. The molecule has 0 bridgehead atoms. The summed E-state index contributed by atoms with van der Waals surface area (Å²) < 4.78 is 0. The fourth-order valence-electron chi connectivity index (χ4n) is 0.526. The number of pyridine rings is 1. The van der Waals surface area contributed by atoms with Crippen LogP contribution in [0.1, 0.15) is 0 Å². The highest BCUT2D eigenvalue weighted by Gasteiger charge is 1.80. The van der Waals surface area contributed by atoms with Gasteiger partial charge in [-0.2, -0.15) is 10.2 Å². The predicted molar refractivity (Wildman–Crippen MR) is 34.7 cm³/mol. The molecule has 0 N–H and O–H groups in total. The SMILES string of the molecule is C/N=N/c1ccncc1. The van der Waals surface area contributed by atoms with Crippen LogP contribution in [-0.4, -0.2) is 12.0 Å². The second kappa shape index (κ2) is 2.91. The fourth-order valence-corrected chi connectivity index (χ4v) is 0.526. The molecule has 46 valence electrons. The summed E-state index contributed by atoms with van der Waals surface area (Å²) in [6, 6.07) is 3.60. The third-order valence-electron chi connectivity index (χ3n) is 0.878. The first kappa shape index (κ1) is 5.88. The Morgan fingerprint density at radius 3 is 2.56 bits per heavy atom. The molecule has 0 unspecified atom stereocenters. The van der Waals surface area contributed by atoms with Crippen LogP contribution in [0.5, 0.6) is 0 Å². The molecule has 0 saturated carbocycles. The molecule has 1 rings (SSSR count). The number of azo groups is 1. The summed E-state index contributed by atoms with van der Waals surface area (Å²) in [6.07, 6.45) is 3.37. The van der Waals surface area contributed by atoms with E-state index >= 15 is 0 Å². The largest absolute Gasteiger partial charge is 0.265 e. The summed E-state index contributed by atoms with van der Waals surface area (Å²) in [5, 5.41) is 7.39. The normalized spacial score (nSPS) is 10.3. The maximum absolute atomic E-state index is 3.83. The molecular weight excluding hydrogens is 114 g/mol. The van der Waals surface area contributed by atoms with Gasteiger partial charge in [0.2, 0.25) is 0 Å². The maximum atomic E-state index is 3.83. The lowest BCUT2D eigenvalue weighted by atomic mass is 10.4. The van der Waals surface area contributed by atoms with E-state index in [-0.39, 0.29) is 0 Å². The van der Waals surface area contributed by atoms with Gasteiger partial charge in [0.15, 0.2) is 0 Å². The average Bonchev–Trinajstić information content (AvgIpc) is 1.91. The quantitative estimate of drug-likeness (QED) is 0.522. The fraction of sp³-hybridized carbons (Fsp3) is 0.167. The topological polar surface area (TPSA) is 37.6 Å². The third-order valence-corrected chi connectivity index (χ3v) is 0.878. The summed E-state index contributed by atoms with van der Waals surface area (Å²) in [6.45, 7) is 0. The van der Waals surface area contributed by atoms with Crippen molar-refractivity contribution in [3.63, 3.8) is 0 Å². The Morgan fingerprint density at radius 2 is 2.00 bits per heavy atom. The van der Waals surface area contributed by atoms with E-state index in [0.717, 1.165) is 5.69 Å². The van der Waals surface area contributed by atoms with E-state index < -0.39 is 0 Å². The van der Waals surface area contributed by atoms with Crippen molar-refractivity contribution in [3.8, 4) is 0 Å². The molecule has 0 aromatic carbocycles. The molecule has 0 aliphatic rings. The van der Waals surface area contributed by atoms with Gasteiger partial charge in [0.1, 0.15) is 0 Å². The molecule has 0 amide bonds. The Hall–Kier alpha value is -1.25. The Balaban J connectivity index is 2.85. The van der Waals surface area contributed by atoms with E-state index in [1.807, 2.05) is 0 Å². The van der Waals surface area contributed by atoms with Crippen LogP contribution in [-0.2, 0) is 0 Å². The van der Waals surface area contributed by atoms with Gasteiger partial charge in [0, 0.05) is 19.4 Å². The number of nitrogens with zero attached hydrogens (tertiary/aromatic N) is 3. The zero-order chi connectivity index (χ0) is 6.53. The van der Waals surface area contributed by atoms with Gasteiger partial charge in [-0.3, -0.25) is 4.98 Å². The Labute approximate surface area is 53.5 Å². The van der Waals surface area contributed by atoms with Crippen LogP contribution in [0.15, 0.2) is 34.8 Å². The van der Waals surface area contributed by atoms with Gasteiger partial charge >= 0.3 is 0 Å². The molecule has 0 fully saturated rings. The summed E-state index contributed by atoms with van der Waals surface area (Å²) in [7, 11) is 1.64. The van der Waals surface area contributed by atoms with Gasteiger partial charge in [-0.25, -0.2) is 0 Å².